The van der Waals surface area contributed by atoms with Crippen LogP contribution in [0.5, 0.6) is 0 Å². The van der Waals surface area contributed by atoms with E-state index in [9.17, 15) is 4.79 Å². The molecule has 0 bridgehead atoms. The van der Waals surface area contributed by atoms with E-state index in [0.29, 0.717) is 6.04 Å². The zero-order valence-electron chi connectivity index (χ0n) is 7.99. The van der Waals surface area contributed by atoms with E-state index >= 15 is 0 Å². The molecule has 1 heterocycles. The highest BCUT2D eigenvalue weighted by Gasteiger charge is 2.26. The van der Waals surface area contributed by atoms with Crippen LogP contribution in [0.25, 0.3) is 0 Å². The van der Waals surface area contributed by atoms with Gasteiger partial charge in [-0.05, 0) is 19.1 Å². The van der Waals surface area contributed by atoms with Crippen molar-refractivity contribution < 1.29 is 4.79 Å². The third kappa shape index (κ3) is 2.38. The molecule has 1 rings (SSSR count). The van der Waals surface area contributed by atoms with E-state index in [1.807, 2.05) is 17.8 Å². The van der Waals surface area contributed by atoms with Gasteiger partial charge in [-0.25, -0.2) is 0 Å². The van der Waals surface area contributed by atoms with E-state index in [0.717, 1.165) is 17.9 Å². The SMILES string of the molecule is CC(C#N)C(=O)N(C)C1CCSC1. The standard InChI is InChI=1S/C9H14N2OS/c1-7(5-10)9(12)11(2)8-3-4-13-6-8/h7-8H,3-4,6H2,1-2H3. The van der Waals surface area contributed by atoms with Gasteiger partial charge in [-0.3, -0.25) is 4.79 Å². The first kappa shape index (κ1) is 10.4. The van der Waals surface area contributed by atoms with Gasteiger partial charge in [0.05, 0.1) is 6.07 Å². The van der Waals surface area contributed by atoms with E-state index in [1.54, 1.807) is 18.9 Å². The van der Waals surface area contributed by atoms with Crippen molar-refractivity contribution in [1.29, 1.82) is 5.26 Å². The van der Waals surface area contributed by atoms with Crippen molar-refractivity contribution in [3.63, 3.8) is 0 Å². The molecule has 13 heavy (non-hydrogen) atoms. The minimum Gasteiger partial charge on any atom is -0.341 e. The van der Waals surface area contributed by atoms with Crippen LogP contribution in [0, 0.1) is 17.2 Å². The maximum absolute atomic E-state index is 11.6. The normalized spacial score (nSPS) is 23.6. The predicted molar refractivity (Wildman–Crippen MR) is 53.3 cm³/mol. The molecular formula is C9H14N2OS. The third-order valence-corrected chi connectivity index (χ3v) is 3.51. The summed E-state index contributed by atoms with van der Waals surface area (Å²) < 4.78 is 0. The van der Waals surface area contributed by atoms with Gasteiger partial charge in [-0.15, -0.1) is 0 Å². The second-order valence-electron chi connectivity index (χ2n) is 3.32. The summed E-state index contributed by atoms with van der Waals surface area (Å²) in [7, 11) is 1.80. The van der Waals surface area contributed by atoms with Gasteiger partial charge in [0.15, 0.2) is 0 Å². The number of thioether (sulfide) groups is 1. The molecular weight excluding hydrogens is 184 g/mol. The molecule has 1 saturated heterocycles. The highest BCUT2D eigenvalue weighted by atomic mass is 32.2. The van der Waals surface area contributed by atoms with Gasteiger partial charge in [0, 0.05) is 18.8 Å². The first-order valence-corrected chi connectivity index (χ1v) is 5.56. The average Bonchev–Trinajstić information content (AvgIpc) is 2.67. The number of nitrogens with zero attached hydrogens (tertiary/aromatic N) is 2. The lowest BCUT2D eigenvalue weighted by molar-refractivity contribution is -0.133. The second-order valence-corrected chi connectivity index (χ2v) is 4.47. The van der Waals surface area contributed by atoms with Gasteiger partial charge in [0.25, 0.3) is 0 Å². The highest BCUT2D eigenvalue weighted by molar-refractivity contribution is 7.99. The van der Waals surface area contributed by atoms with Crippen LogP contribution in [0.3, 0.4) is 0 Å². The molecule has 1 fully saturated rings. The summed E-state index contributed by atoms with van der Waals surface area (Å²) in [5, 5.41) is 8.59. The van der Waals surface area contributed by atoms with Crippen LogP contribution in [0.2, 0.25) is 0 Å². The van der Waals surface area contributed by atoms with Gasteiger partial charge >= 0.3 is 0 Å². The molecule has 0 aromatic rings. The van der Waals surface area contributed by atoms with Crippen molar-refractivity contribution in [3.8, 4) is 6.07 Å². The van der Waals surface area contributed by atoms with E-state index in [1.165, 1.54) is 0 Å². The summed E-state index contributed by atoms with van der Waals surface area (Å²) in [6.45, 7) is 1.65. The molecule has 0 aliphatic carbocycles. The smallest absolute Gasteiger partial charge is 0.239 e. The molecule has 1 aliphatic rings. The Balaban J connectivity index is 2.51. The minimum absolute atomic E-state index is 0.0463. The third-order valence-electron chi connectivity index (χ3n) is 2.37. The maximum atomic E-state index is 11.6. The first-order chi connectivity index (χ1) is 6.16. The van der Waals surface area contributed by atoms with Crippen LogP contribution >= 0.6 is 11.8 Å². The van der Waals surface area contributed by atoms with Crippen LogP contribution in [0.4, 0.5) is 0 Å². The van der Waals surface area contributed by atoms with Gasteiger partial charge in [0.2, 0.25) is 5.91 Å². The fraction of sp³-hybridized carbons (Fsp3) is 0.778. The Morgan fingerprint density at radius 3 is 2.92 bits per heavy atom. The zero-order valence-corrected chi connectivity index (χ0v) is 8.80. The summed E-state index contributed by atoms with van der Waals surface area (Å²) >= 11 is 1.87. The Bertz CT molecular complexity index is 230. The summed E-state index contributed by atoms with van der Waals surface area (Å²) in [6, 6.07) is 2.31. The number of hydrogen-bond donors (Lipinski definition) is 0. The van der Waals surface area contributed by atoms with Crippen molar-refractivity contribution in [1.82, 2.24) is 4.90 Å². The number of nitriles is 1. The lowest BCUT2D eigenvalue weighted by atomic mass is 10.1. The zero-order chi connectivity index (χ0) is 9.84. The molecule has 1 amide bonds. The lowest BCUT2D eigenvalue weighted by Gasteiger charge is -2.24. The van der Waals surface area contributed by atoms with Crippen LogP contribution in [-0.2, 0) is 4.79 Å². The van der Waals surface area contributed by atoms with E-state index in [-0.39, 0.29) is 5.91 Å². The van der Waals surface area contributed by atoms with E-state index < -0.39 is 5.92 Å². The molecule has 72 valence electrons. The summed E-state index contributed by atoms with van der Waals surface area (Å²) in [5.41, 5.74) is 0. The number of rotatable bonds is 2. The molecule has 2 atom stereocenters. The Labute approximate surface area is 83.1 Å². The predicted octanol–water partition coefficient (Wildman–Crippen LogP) is 1.11. The number of hydrogen-bond acceptors (Lipinski definition) is 3. The maximum Gasteiger partial charge on any atom is 0.239 e. The Morgan fingerprint density at radius 2 is 2.46 bits per heavy atom. The molecule has 2 unspecified atom stereocenters. The van der Waals surface area contributed by atoms with Crippen LogP contribution < -0.4 is 0 Å². The quantitative estimate of drug-likeness (QED) is 0.667. The molecule has 0 aromatic heterocycles. The van der Waals surface area contributed by atoms with Crippen LogP contribution in [0.1, 0.15) is 13.3 Å². The van der Waals surface area contributed by atoms with E-state index in [2.05, 4.69) is 0 Å². The van der Waals surface area contributed by atoms with Crippen LogP contribution in [0.15, 0.2) is 0 Å². The summed E-state index contributed by atoms with van der Waals surface area (Å²) in [5.74, 6) is 1.59. The number of carbonyl (C=O) groups is 1. The minimum atomic E-state index is -0.504. The molecule has 0 saturated carbocycles. The number of amides is 1. The van der Waals surface area contributed by atoms with Crippen LogP contribution in [-0.4, -0.2) is 35.4 Å². The van der Waals surface area contributed by atoms with Crippen molar-refractivity contribution in [2.75, 3.05) is 18.6 Å². The molecule has 3 nitrogen and oxygen atoms in total. The monoisotopic (exact) mass is 198 g/mol. The highest BCUT2D eigenvalue weighted by Crippen LogP contribution is 2.22. The Hall–Kier alpha value is -0.690. The van der Waals surface area contributed by atoms with Crippen molar-refractivity contribution >= 4 is 17.7 Å². The second kappa shape index (κ2) is 4.52. The van der Waals surface area contributed by atoms with Crippen molar-refractivity contribution in [3.05, 3.63) is 0 Å². The molecule has 4 heteroatoms. The first-order valence-electron chi connectivity index (χ1n) is 4.41. The van der Waals surface area contributed by atoms with Gasteiger partial charge in [0.1, 0.15) is 5.92 Å². The molecule has 0 spiro atoms. The summed E-state index contributed by atoms with van der Waals surface area (Å²) in [6.07, 6.45) is 1.06. The van der Waals surface area contributed by atoms with Gasteiger partial charge in [-0.2, -0.15) is 17.0 Å². The molecule has 0 N–H and O–H groups in total. The van der Waals surface area contributed by atoms with Crippen molar-refractivity contribution in [2.24, 2.45) is 5.92 Å². The van der Waals surface area contributed by atoms with Gasteiger partial charge < -0.3 is 4.90 Å². The summed E-state index contributed by atoms with van der Waals surface area (Å²) in [4.78, 5) is 13.3. The Morgan fingerprint density at radius 1 is 1.77 bits per heavy atom. The largest absolute Gasteiger partial charge is 0.341 e. The Kier molecular flexibility index (Phi) is 3.61. The fourth-order valence-electron chi connectivity index (χ4n) is 1.37. The fourth-order valence-corrected chi connectivity index (χ4v) is 2.64. The average molecular weight is 198 g/mol. The number of carbonyl (C=O) groups excluding carboxylic acids is 1. The molecule has 1 aliphatic heterocycles. The topological polar surface area (TPSA) is 44.1 Å². The molecule has 0 radical (unpaired) electrons. The lowest BCUT2D eigenvalue weighted by Crippen LogP contribution is -2.39. The van der Waals surface area contributed by atoms with Gasteiger partial charge in [-0.1, -0.05) is 0 Å². The molecule has 0 aromatic carbocycles. The van der Waals surface area contributed by atoms with E-state index in [4.69, 9.17) is 5.26 Å². The van der Waals surface area contributed by atoms with Crippen molar-refractivity contribution in [2.45, 2.75) is 19.4 Å².